The van der Waals surface area contributed by atoms with Gasteiger partial charge in [0.1, 0.15) is 0 Å². The Morgan fingerprint density at radius 1 is 1.48 bits per heavy atom. The lowest BCUT2D eigenvalue weighted by molar-refractivity contribution is 0.00492. The molecule has 118 valence electrons. The third-order valence-electron chi connectivity index (χ3n) is 4.27. The molecule has 1 aromatic rings. The normalized spacial score (nSPS) is 26.0. The van der Waals surface area contributed by atoms with Crippen molar-refractivity contribution >= 4 is 5.82 Å². The highest BCUT2D eigenvalue weighted by Gasteiger charge is 2.31. The summed E-state index contributed by atoms with van der Waals surface area (Å²) in [7, 11) is 0. The summed E-state index contributed by atoms with van der Waals surface area (Å²) in [6, 6.07) is 0. The Morgan fingerprint density at radius 3 is 2.76 bits per heavy atom. The monoisotopic (exact) mass is 293 g/mol. The van der Waals surface area contributed by atoms with Crippen LogP contribution >= 0.6 is 0 Å². The molecule has 1 aliphatic carbocycles. The van der Waals surface area contributed by atoms with Crippen molar-refractivity contribution in [3.8, 4) is 0 Å². The average Bonchev–Trinajstić information content (AvgIpc) is 2.43. The molecular weight excluding hydrogens is 266 g/mol. The lowest BCUT2D eigenvalue weighted by Crippen LogP contribution is -2.41. The van der Waals surface area contributed by atoms with E-state index in [0.717, 1.165) is 25.7 Å². The number of nitrogens with zero attached hydrogens (tertiary/aromatic N) is 2. The summed E-state index contributed by atoms with van der Waals surface area (Å²) in [5.41, 5.74) is -0.821. The molecule has 1 fully saturated rings. The topological polar surface area (TPSA) is 67.2 Å². The van der Waals surface area contributed by atoms with E-state index in [4.69, 9.17) is 0 Å². The second-order valence-corrected chi connectivity index (χ2v) is 6.89. The number of hydrogen-bond acceptors (Lipinski definition) is 4. The fourth-order valence-corrected chi connectivity index (χ4v) is 2.83. The SMILES string of the molecule is CC(C)Cn1ccnc(NCC2(O)CCC(C)CC2)c1=O. The van der Waals surface area contributed by atoms with E-state index in [9.17, 15) is 9.90 Å². The van der Waals surface area contributed by atoms with Crippen LogP contribution in [0.15, 0.2) is 17.2 Å². The average molecular weight is 293 g/mol. The lowest BCUT2D eigenvalue weighted by Gasteiger charge is -2.35. The predicted octanol–water partition coefficient (Wildman–Crippen LogP) is 2.25. The van der Waals surface area contributed by atoms with Crippen molar-refractivity contribution in [3.05, 3.63) is 22.7 Å². The van der Waals surface area contributed by atoms with Crippen LogP contribution in [-0.4, -0.2) is 26.8 Å². The number of hydrogen-bond donors (Lipinski definition) is 2. The number of aliphatic hydroxyl groups is 1. The van der Waals surface area contributed by atoms with Crippen molar-refractivity contribution < 1.29 is 5.11 Å². The minimum atomic E-state index is -0.709. The van der Waals surface area contributed by atoms with Crippen LogP contribution in [-0.2, 0) is 6.54 Å². The maximum absolute atomic E-state index is 12.3. The fourth-order valence-electron chi connectivity index (χ4n) is 2.83. The molecule has 1 heterocycles. The van der Waals surface area contributed by atoms with Crippen LogP contribution in [0.1, 0.15) is 46.5 Å². The van der Waals surface area contributed by atoms with E-state index in [1.165, 1.54) is 0 Å². The van der Waals surface area contributed by atoms with Crippen LogP contribution in [0.5, 0.6) is 0 Å². The zero-order valence-electron chi connectivity index (χ0n) is 13.3. The van der Waals surface area contributed by atoms with Gasteiger partial charge in [-0.2, -0.15) is 0 Å². The quantitative estimate of drug-likeness (QED) is 0.874. The van der Waals surface area contributed by atoms with E-state index in [1.807, 2.05) is 0 Å². The van der Waals surface area contributed by atoms with Gasteiger partial charge >= 0.3 is 0 Å². The van der Waals surface area contributed by atoms with Gasteiger partial charge in [0.05, 0.1) is 5.60 Å². The van der Waals surface area contributed by atoms with Crippen molar-refractivity contribution in [3.63, 3.8) is 0 Å². The fraction of sp³-hybridized carbons (Fsp3) is 0.750. The van der Waals surface area contributed by atoms with Crippen molar-refractivity contribution in [1.82, 2.24) is 9.55 Å². The van der Waals surface area contributed by atoms with Crippen LogP contribution in [0, 0.1) is 11.8 Å². The molecule has 2 rings (SSSR count). The van der Waals surface area contributed by atoms with Crippen LogP contribution in [0.25, 0.3) is 0 Å². The summed E-state index contributed by atoms with van der Waals surface area (Å²) in [6.07, 6.45) is 7.00. The van der Waals surface area contributed by atoms with E-state index < -0.39 is 5.60 Å². The van der Waals surface area contributed by atoms with Crippen molar-refractivity contribution in [1.29, 1.82) is 0 Å². The number of nitrogens with one attached hydrogen (secondary N) is 1. The molecule has 5 heteroatoms. The second-order valence-electron chi connectivity index (χ2n) is 6.89. The molecule has 1 aromatic heterocycles. The van der Waals surface area contributed by atoms with Gasteiger partial charge in [0.15, 0.2) is 5.82 Å². The zero-order valence-corrected chi connectivity index (χ0v) is 13.3. The first-order chi connectivity index (χ1) is 9.89. The maximum atomic E-state index is 12.3. The third-order valence-corrected chi connectivity index (χ3v) is 4.27. The van der Waals surface area contributed by atoms with Crippen molar-refractivity contribution in [2.75, 3.05) is 11.9 Å². The van der Waals surface area contributed by atoms with E-state index >= 15 is 0 Å². The Bertz CT molecular complexity index is 516. The molecule has 1 saturated carbocycles. The predicted molar refractivity (Wildman–Crippen MR) is 84.4 cm³/mol. The molecule has 0 spiro atoms. The Labute approximate surface area is 126 Å². The first-order valence-corrected chi connectivity index (χ1v) is 7.91. The third kappa shape index (κ3) is 4.30. The van der Waals surface area contributed by atoms with Crippen LogP contribution in [0.4, 0.5) is 5.82 Å². The smallest absolute Gasteiger partial charge is 0.293 e. The largest absolute Gasteiger partial charge is 0.388 e. The summed E-state index contributed by atoms with van der Waals surface area (Å²) in [4.78, 5) is 16.4. The molecule has 0 unspecified atom stereocenters. The molecule has 1 aliphatic rings. The Morgan fingerprint density at radius 2 is 2.14 bits per heavy atom. The lowest BCUT2D eigenvalue weighted by atomic mass is 9.79. The van der Waals surface area contributed by atoms with Crippen molar-refractivity contribution in [2.24, 2.45) is 11.8 Å². The summed E-state index contributed by atoms with van der Waals surface area (Å²) < 4.78 is 1.67. The maximum Gasteiger partial charge on any atom is 0.293 e. The molecule has 0 radical (unpaired) electrons. The molecule has 5 nitrogen and oxygen atoms in total. The molecule has 0 saturated heterocycles. The highest BCUT2D eigenvalue weighted by atomic mass is 16.3. The molecule has 0 bridgehead atoms. The van der Waals surface area contributed by atoms with Gasteiger partial charge in [-0.1, -0.05) is 20.8 Å². The molecule has 0 aromatic carbocycles. The van der Waals surface area contributed by atoms with Gasteiger partial charge in [0, 0.05) is 25.5 Å². The molecule has 0 amide bonds. The summed E-state index contributed by atoms with van der Waals surface area (Å²) in [5.74, 6) is 1.43. The summed E-state index contributed by atoms with van der Waals surface area (Å²) in [6.45, 7) is 7.44. The summed E-state index contributed by atoms with van der Waals surface area (Å²) >= 11 is 0. The Balaban J connectivity index is 2.02. The Kier molecular flexibility index (Phi) is 5.04. The van der Waals surface area contributed by atoms with Crippen molar-refractivity contribution in [2.45, 2.75) is 58.6 Å². The standard InChI is InChI=1S/C16H27N3O2/c1-12(2)10-19-9-8-17-14(15(19)20)18-11-16(21)6-4-13(3)5-7-16/h8-9,12-13,21H,4-7,10-11H2,1-3H3,(H,17,18). The van der Waals surface area contributed by atoms with E-state index in [0.29, 0.717) is 30.7 Å². The zero-order chi connectivity index (χ0) is 15.5. The van der Waals surface area contributed by atoms with Gasteiger partial charge in [-0.05, 0) is 37.5 Å². The van der Waals surface area contributed by atoms with Gasteiger partial charge < -0.3 is 15.0 Å². The first kappa shape index (κ1) is 16.0. The second kappa shape index (κ2) is 6.60. The number of rotatable bonds is 5. The number of anilines is 1. The van der Waals surface area contributed by atoms with Gasteiger partial charge in [0.25, 0.3) is 5.56 Å². The van der Waals surface area contributed by atoms with Gasteiger partial charge in [-0.25, -0.2) is 4.98 Å². The van der Waals surface area contributed by atoms with E-state index in [2.05, 4.69) is 31.1 Å². The minimum Gasteiger partial charge on any atom is -0.388 e. The number of aromatic nitrogens is 2. The van der Waals surface area contributed by atoms with Gasteiger partial charge in [-0.15, -0.1) is 0 Å². The molecule has 2 N–H and O–H groups in total. The molecule has 0 atom stereocenters. The molecule has 0 aliphatic heterocycles. The summed E-state index contributed by atoms with van der Waals surface area (Å²) in [5, 5.41) is 13.6. The Hall–Kier alpha value is -1.36. The van der Waals surface area contributed by atoms with E-state index in [-0.39, 0.29) is 5.56 Å². The van der Waals surface area contributed by atoms with Crippen LogP contribution in [0.2, 0.25) is 0 Å². The van der Waals surface area contributed by atoms with Gasteiger partial charge in [-0.3, -0.25) is 4.79 Å². The van der Waals surface area contributed by atoms with Gasteiger partial charge in [0.2, 0.25) is 0 Å². The molecular formula is C16H27N3O2. The minimum absolute atomic E-state index is 0.112. The highest BCUT2D eigenvalue weighted by Crippen LogP contribution is 2.31. The van der Waals surface area contributed by atoms with Crippen LogP contribution < -0.4 is 10.9 Å². The van der Waals surface area contributed by atoms with Crippen LogP contribution in [0.3, 0.4) is 0 Å². The molecule has 21 heavy (non-hydrogen) atoms. The first-order valence-electron chi connectivity index (χ1n) is 7.91. The van der Waals surface area contributed by atoms with E-state index in [1.54, 1.807) is 17.0 Å². The highest BCUT2D eigenvalue weighted by molar-refractivity contribution is 5.31.